The molecule has 1 fully saturated rings. The van der Waals surface area contributed by atoms with Crippen molar-refractivity contribution in [1.82, 2.24) is 14.3 Å². The van der Waals surface area contributed by atoms with E-state index in [-0.39, 0.29) is 9.24 Å². The molecule has 0 unspecified atom stereocenters. The Balaban J connectivity index is 1.74. The number of sulfonamides is 1. The van der Waals surface area contributed by atoms with Crippen LogP contribution in [-0.2, 0) is 16.2 Å². The van der Waals surface area contributed by atoms with Gasteiger partial charge in [0.05, 0.1) is 0 Å². The van der Waals surface area contributed by atoms with Crippen LogP contribution in [0.1, 0.15) is 18.5 Å². The maximum atomic E-state index is 12.5. The third-order valence-corrected chi connectivity index (χ3v) is 7.15. The Labute approximate surface area is 145 Å². The topological polar surface area (TPSA) is 63.2 Å². The molecule has 0 aliphatic carbocycles. The molecule has 1 aliphatic heterocycles. The maximum absolute atomic E-state index is 12.5. The van der Waals surface area contributed by atoms with E-state index in [1.165, 1.54) is 22.6 Å². The first-order chi connectivity index (χ1) is 11.3. The number of thiazole rings is 1. The number of alkyl halides is 3. The van der Waals surface area contributed by atoms with Crippen molar-refractivity contribution in [3.05, 3.63) is 29.4 Å². The van der Waals surface area contributed by atoms with Crippen LogP contribution >= 0.6 is 23.1 Å². The minimum Gasteiger partial charge on any atom is -0.248 e. The highest BCUT2D eigenvalue weighted by atomic mass is 32.2. The first-order valence-electron chi connectivity index (χ1n) is 6.93. The Morgan fingerprint density at radius 2 is 1.92 bits per heavy atom. The summed E-state index contributed by atoms with van der Waals surface area (Å²) in [6, 6.07) is 2.89. The average Bonchev–Trinajstić information content (AvgIpc) is 3.19. The highest BCUT2D eigenvalue weighted by molar-refractivity contribution is 8.01. The van der Waals surface area contributed by atoms with Crippen LogP contribution in [0.3, 0.4) is 0 Å². The van der Waals surface area contributed by atoms with Crippen molar-refractivity contribution in [3.63, 3.8) is 0 Å². The predicted octanol–water partition coefficient (Wildman–Crippen LogP) is 3.49. The summed E-state index contributed by atoms with van der Waals surface area (Å²) in [7, 11) is -3.54. The fourth-order valence-corrected chi connectivity index (χ4v) is 5.35. The van der Waals surface area contributed by atoms with Crippen molar-refractivity contribution < 1.29 is 21.6 Å². The Morgan fingerprint density at radius 3 is 2.46 bits per heavy atom. The van der Waals surface area contributed by atoms with Crippen LogP contribution < -0.4 is 0 Å². The zero-order valence-corrected chi connectivity index (χ0v) is 14.6. The summed E-state index contributed by atoms with van der Waals surface area (Å²) in [6.07, 6.45) is -1.57. The number of pyridine rings is 1. The second-order valence-electron chi connectivity index (χ2n) is 5.04. The molecule has 5 nitrogen and oxygen atoms in total. The van der Waals surface area contributed by atoms with Crippen LogP contribution in [0.2, 0.25) is 0 Å². The van der Waals surface area contributed by atoms with Crippen LogP contribution in [0.4, 0.5) is 13.2 Å². The lowest BCUT2D eigenvalue weighted by atomic mass is 10.4. The van der Waals surface area contributed by atoms with Gasteiger partial charge in [0.2, 0.25) is 10.0 Å². The summed E-state index contributed by atoms with van der Waals surface area (Å²) < 4.78 is 63.9. The maximum Gasteiger partial charge on any atom is 0.434 e. The molecule has 1 saturated heterocycles. The highest BCUT2D eigenvalue weighted by Crippen LogP contribution is 2.35. The van der Waals surface area contributed by atoms with E-state index >= 15 is 0 Å². The fraction of sp³-hybridized carbons (Fsp3) is 0.385. The minimum atomic E-state index is -4.48. The highest BCUT2D eigenvalue weighted by Gasteiger charge is 2.34. The second-order valence-corrected chi connectivity index (χ2v) is 9.11. The lowest BCUT2D eigenvalue weighted by molar-refractivity contribution is -0.141. The molecule has 3 heterocycles. The van der Waals surface area contributed by atoms with E-state index < -0.39 is 21.9 Å². The third kappa shape index (κ3) is 3.73. The third-order valence-electron chi connectivity index (χ3n) is 3.38. The summed E-state index contributed by atoms with van der Waals surface area (Å²) in [6.45, 7) is 0.996. The van der Waals surface area contributed by atoms with Crippen LogP contribution in [0.5, 0.6) is 0 Å². The second kappa shape index (κ2) is 6.62. The van der Waals surface area contributed by atoms with E-state index in [4.69, 9.17) is 0 Å². The van der Waals surface area contributed by atoms with Crippen molar-refractivity contribution in [1.29, 1.82) is 0 Å². The molecule has 0 N–H and O–H groups in total. The van der Waals surface area contributed by atoms with E-state index in [1.807, 2.05) is 0 Å². The molecule has 3 rings (SSSR count). The number of hydrogen-bond acceptors (Lipinski definition) is 6. The van der Waals surface area contributed by atoms with Gasteiger partial charge in [0.25, 0.3) is 0 Å². The van der Waals surface area contributed by atoms with E-state index in [0.29, 0.717) is 18.1 Å². The largest absolute Gasteiger partial charge is 0.434 e. The zero-order valence-electron chi connectivity index (χ0n) is 12.2. The van der Waals surface area contributed by atoms with Crippen LogP contribution in [0.25, 0.3) is 0 Å². The Kier molecular flexibility index (Phi) is 4.87. The van der Waals surface area contributed by atoms with Gasteiger partial charge < -0.3 is 0 Å². The molecule has 1 aliphatic rings. The Morgan fingerprint density at radius 1 is 1.21 bits per heavy atom. The molecule has 0 saturated carbocycles. The molecule has 0 aromatic carbocycles. The van der Waals surface area contributed by atoms with Gasteiger partial charge >= 0.3 is 6.18 Å². The first kappa shape index (κ1) is 17.6. The number of nitrogens with zero attached hydrogens (tertiary/aromatic N) is 3. The summed E-state index contributed by atoms with van der Waals surface area (Å²) in [4.78, 5) is 7.61. The quantitative estimate of drug-likeness (QED) is 0.793. The molecule has 0 radical (unpaired) electrons. The van der Waals surface area contributed by atoms with E-state index in [9.17, 15) is 21.6 Å². The standard InChI is InChI=1S/C13H12F3N3O2S3/c14-13(15,16)10-8-22-12(18-10)23-11-4-3-9(7-17-11)24(20,21)19-5-1-2-6-19/h3-4,7-8H,1-2,5-6H2. The molecule has 2 aromatic rings. The van der Waals surface area contributed by atoms with E-state index in [0.717, 1.165) is 41.3 Å². The van der Waals surface area contributed by atoms with Gasteiger partial charge in [-0.15, -0.1) is 11.3 Å². The van der Waals surface area contributed by atoms with Crippen LogP contribution in [0, 0.1) is 0 Å². The molecule has 130 valence electrons. The molecule has 11 heteroatoms. The van der Waals surface area contributed by atoms with Crippen molar-refractivity contribution >= 4 is 33.1 Å². The van der Waals surface area contributed by atoms with Crippen molar-refractivity contribution in [2.75, 3.05) is 13.1 Å². The van der Waals surface area contributed by atoms with Gasteiger partial charge in [0.15, 0.2) is 10.0 Å². The van der Waals surface area contributed by atoms with Gasteiger partial charge in [0, 0.05) is 24.7 Å². The number of hydrogen-bond donors (Lipinski definition) is 0. The molecular formula is C13H12F3N3O2S3. The summed E-state index contributed by atoms with van der Waals surface area (Å²) in [5.74, 6) is 0. The van der Waals surface area contributed by atoms with Gasteiger partial charge in [-0.05, 0) is 36.7 Å². The summed E-state index contributed by atoms with van der Waals surface area (Å²) >= 11 is 1.83. The molecule has 0 amide bonds. The molecule has 0 atom stereocenters. The van der Waals surface area contributed by atoms with Crippen molar-refractivity contribution in [2.24, 2.45) is 0 Å². The molecule has 24 heavy (non-hydrogen) atoms. The SMILES string of the molecule is O=S(=O)(c1ccc(Sc2nc(C(F)(F)F)cs2)nc1)N1CCCC1. The van der Waals surface area contributed by atoms with E-state index in [1.54, 1.807) is 0 Å². The lowest BCUT2D eigenvalue weighted by Gasteiger charge is -2.15. The molecule has 2 aromatic heterocycles. The van der Waals surface area contributed by atoms with Gasteiger partial charge in [-0.1, -0.05) is 0 Å². The Bertz CT molecular complexity index is 813. The van der Waals surface area contributed by atoms with Gasteiger partial charge in [0.1, 0.15) is 9.92 Å². The van der Waals surface area contributed by atoms with Crippen LogP contribution in [0.15, 0.2) is 38.0 Å². The fourth-order valence-electron chi connectivity index (χ4n) is 2.18. The number of rotatable bonds is 4. The molecule has 0 spiro atoms. The average molecular weight is 395 g/mol. The molecular weight excluding hydrogens is 383 g/mol. The first-order valence-corrected chi connectivity index (χ1v) is 10.1. The number of halogens is 3. The normalized spacial score (nSPS) is 16.6. The summed E-state index contributed by atoms with van der Waals surface area (Å²) in [5, 5.41) is 1.33. The zero-order chi connectivity index (χ0) is 17.4. The van der Waals surface area contributed by atoms with Gasteiger partial charge in [-0.3, -0.25) is 0 Å². The van der Waals surface area contributed by atoms with Crippen molar-refractivity contribution in [3.8, 4) is 0 Å². The molecule has 0 bridgehead atoms. The monoisotopic (exact) mass is 395 g/mol. The van der Waals surface area contributed by atoms with E-state index in [2.05, 4.69) is 9.97 Å². The predicted molar refractivity (Wildman–Crippen MR) is 83.5 cm³/mol. The lowest BCUT2D eigenvalue weighted by Crippen LogP contribution is -2.27. The minimum absolute atomic E-state index is 0.0869. The Hall–Kier alpha value is -1.17. The van der Waals surface area contributed by atoms with Crippen LogP contribution in [-0.4, -0.2) is 35.8 Å². The smallest absolute Gasteiger partial charge is 0.248 e. The number of aromatic nitrogens is 2. The van der Waals surface area contributed by atoms with Gasteiger partial charge in [-0.25, -0.2) is 18.4 Å². The summed E-state index contributed by atoms with van der Waals surface area (Å²) in [5.41, 5.74) is -0.941. The van der Waals surface area contributed by atoms with Gasteiger partial charge in [-0.2, -0.15) is 17.5 Å². The van der Waals surface area contributed by atoms with Crippen molar-refractivity contribution in [2.45, 2.75) is 33.3 Å².